The molecule has 0 rings (SSSR count). The molecule has 3 N–H and O–H groups in total. The molecule has 0 aliphatic heterocycles. The van der Waals surface area contributed by atoms with Gasteiger partial charge in [0.25, 0.3) is 0 Å². The number of carboxylic acid groups (broad SMARTS) is 2. The second kappa shape index (κ2) is 20.3. The third kappa shape index (κ3) is 26.8. The highest BCUT2D eigenvalue weighted by Gasteiger charge is 2.12. The number of unbranched alkanes of at least 4 members (excludes halogenated alkanes) is 9. The molecule has 0 aromatic carbocycles. The van der Waals surface area contributed by atoms with Gasteiger partial charge in [-0.1, -0.05) is 70.8 Å². The maximum atomic E-state index is 11.5. The highest BCUT2D eigenvalue weighted by atomic mass is 32.2. The summed E-state index contributed by atoms with van der Waals surface area (Å²) in [6.07, 6.45) is 14.2. The third-order valence-corrected chi connectivity index (χ3v) is 5.73. The molecule has 0 spiro atoms. The summed E-state index contributed by atoms with van der Waals surface area (Å²) in [5, 5.41) is 24.6. The van der Waals surface area contributed by atoms with Crippen molar-refractivity contribution in [2.45, 2.75) is 84.0 Å². The molecule has 0 amide bonds. The second-order valence-electron chi connectivity index (χ2n) is 6.73. The molecule has 0 unspecified atom stereocenters. The highest BCUT2D eigenvalue weighted by molar-refractivity contribution is 7.91. The van der Waals surface area contributed by atoms with Crippen LogP contribution in [0.25, 0.3) is 0 Å². The lowest BCUT2D eigenvalue weighted by molar-refractivity contribution is -0.136. The molecule has 166 valence electrons. The van der Waals surface area contributed by atoms with Gasteiger partial charge in [-0.05, 0) is 12.8 Å². The summed E-state index contributed by atoms with van der Waals surface area (Å²) in [7, 11) is -3.17. The molecule has 0 atom stereocenters. The summed E-state index contributed by atoms with van der Waals surface area (Å²) in [5.74, 6) is -2.11. The van der Waals surface area contributed by atoms with Crippen molar-refractivity contribution in [1.29, 1.82) is 0 Å². The molecule has 0 saturated heterocycles. The van der Waals surface area contributed by atoms with Gasteiger partial charge in [-0.25, -0.2) is 13.2 Å². The van der Waals surface area contributed by atoms with E-state index in [-0.39, 0.29) is 24.5 Å². The molecule has 0 saturated carbocycles. The zero-order valence-corrected chi connectivity index (χ0v) is 18.0. The molecule has 28 heavy (non-hydrogen) atoms. The highest BCUT2D eigenvalue weighted by Crippen LogP contribution is 2.11. The first-order valence-corrected chi connectivity index (χ1v) is 12.0. The summed E-state index contributed by atoms with van der Waals surface area (Å²) < 4.78 is 23.0. The molecule has 0 fully saturated rings. The molecule has 8 heteroatoms. The number of aliphatic hydroxyl groups excluding tert-OH is 1. The van der Waals surface area contributed by atoms with E-state index in [1.165, 1.54) is 51.0 Å². The van der Waals surface area contributed by atoms with Crippen molar-refractivity contribution in [3.63, 3.8) is 0 Å². The number of hydrogen-bond acceptors (Lipinski definition) is 5. The average Bonchev–Trinajstić information content (AvgIpc) is 2.62. The van der Waals surface area contributed by atoms with Gasteiger partial charge in [0, 0.05) is 12.7 Å². The van der Waals surface area contributed by atoms with Crippen molar-refractivity contribution >= 4 is 21.8 Å². The van der Waals surface area contributed by atoms with E-state index in [0.29, 0.717) is 12.8 Å². The van der Waals surface area contributed by atoms with Crippen LogP contribution in [0, 0.1) is 0 Å². The number of aliphatic hydroxyl groups is 1. The van der Waals surface area contributed by atoms with Gasteiger partial charge in [-0.15, -0.1) is 0 Å². The van der Waals surface area contributed by atoms with Crippen LogP contribution in [-0.4, -0.2) is 53.8 Å². The summed E-state index contributed by atoms with van der Waals surface area (Å²) in [4.78, 5) is 20.0. The van der Waals surface area contributed by atoms with Crippen LogP contribution in [0.4, 0.5) is 0 Å². The Balaban J connectivity index is 0. The molecule has 7 nitrogen and oxygen atoms in total. The lowest BCUT2D eigenvalue weighted by atomic mass is 10.1. The van der Waals surface area contributed by atoms with E-state index in [4.69, 9.17) is 15.3 Å². The van der Waals surface area contributed by atoms with Crippen LogP contribution < -0.4 is 0 Å². The minimum Gasteiger partial charge on any atom is -0.481 e. The van der Waals surface area contributed by atoms with E-state index in [1.54, 1.807) is 0 Å². The predicted octanol–water partition coefficient (Wildman–Crippen LogP) is 3.81. The molecule has 0 aliphatic rings. The Morgan fingerprint density at radius 2 is 1.32 bits per heavy atom. The van der Waals surface area contributed by atoms with Crippen LogP contribution in [0.2, 0.25) is 0 Å². The van der Waals surface area contributed by atoms with Crippen LogP contribution in [-0.2, 0) is 19.4 Å². The van der Waals surface area contributed by atoms with Gasteiger partial charge in [-0.3, -0.25) is 4.79 Å². The monoisotopic (exact) mass is 422 g/mol. The molecule has 0 bridgehead atoms. The third-order valence-electron chi connectivity index (χ3n) is 3.99. The Bertz CT molecular complexity index is 513. The average molecular weight is 423 g/mol. The maximum absolute atomic E-state index is 11.5. The number of hydrogen-bond donors (Lipinski definition) is 3. The lowest BCUT2D eigenvalue weighted by Crippen LogP contribution is -2.14. The van der Waals surface area contributed by atoms with E-state index < -0.39 is 21.8 Å². The Morgan fingerprint density at radius 3 is 1.75 bits per heavy atom. The fourth-order valence-corrected chi connectivity index (χ4v) is 3.75. The molecule has 0 aliphatic carbocycles. The van der Waals surface area contributed by atoms with Crippen LogP contribution in [0.1, 0.15) is 84.0 Å². The fourth-order valence-electron chi connectivity index (χ4n) is 2.41. The number of aliphatic carboxylic acids is 2. The molecular formula is C20H38O7S. The van der Waals surface area contributed by atoms with Crippen LogP contribution in [0.15, 0.2) is 12.2 Å². The van der Waals surface area contributed by atoms with Crippen LogP contribution in [0.5, 0.6) is 0 Å². The summed E-state index contributed by atoms with van der Waals surface area (Å²) >= 11 is 0. The summed E-state index contributed by atoms with van der Waals surface area (Å²) in [6, 6.07) is 0. The van der Waals surface area contributed by atoms with E-state index in [2.05, 4.69) is 6.92 Å². The van der Waals surface area contributed by atoms with Gasteiger partial charge in [0.2, 0.25) is 0 Å². The first-order chi connectivity index (χ1) is 13.2. The topological polar surface area (TPSA) is 129 Å². The predicted molar refractivity (Wildman–Crippen MR) is 111 cm³/mol. The largest absolute Gasteiger partial charge is 0.481 e. The molecule has 0 aromatic heterocycles. The van der Waals surface area contributed by atoms with Gasteiger partial charge in [-0.2, -0.15) is 0 Å². The first-order valence-electron chi connectivity index (χ1n) is 10.2. The van der Waals surface area contributed by atoms with Crippen molar-refractivity contribution in [2.75, 3.05) is 18.1 Å². The number of sulfone groups is 1. The number of carbonyl (C=O) groups is 2. The van der Waals surface area contributed by atoms with Gasteiger partial charge in [0.1, 0.15) is 0 Å². The van der Waals surface area contributed by atoms with Gasteiger partial charge in [0.15, 0.2) is 9.84 Å². The quantitative estimate of drug-likeness (QED) is 0.240. The minimum absolute atomic E-state index is 0.00375. The fraction of sp³-hybridized carbons (Fsp3) is 0.800. The second-order valence-corrected chi connectivity index (χ2v) is 9.03. The zero-order valence-electron chi connectivity index (χ0n) is 17.1. The summed E-state index contributed by atoms with van der Waals surface area (Å²) in [5.41, 5.74) is 0. The Kier molecular flexibility index (Phi) is 20.9. The standard InChI is InChI=1S/C15H30O4S.C5H8O3/c1-2-3-4-5-6-7-8-9-10-11-13-20(18,19)14-12-15(16)17;6-4-2-1-3-5(7)8/h2-14H2,1H3,(H,16,17);1,3,6H,2,4H2,(H,7,8). The van der Waals surface area contributed by atoms with Crippen molar-refractivity contribution < 1.29 is 33.3 Å². The van der Waals surface area contributed by atoms with Crippen molar-refractivity contribution in [3.8, 4) is 0 Å². The normalized spacial score (nSPS) is 11.2. The minimum atomic E-state index is -3.17. The SMILES string of the molecule is CCCCCCCCCCCCS(=O)(=O)CCC(=O)O.O=C(O)C=CCCO. The molecule has 0 heterocycles. The zero-order chi connectivity index (χ0) is 21.7. The van der Waals surface area contributed by atoms with Gasteiger partial charge >= 0.3 is 11.9 Å². The van der Waals surface area contributed by atoms with E-state index in [1.807, 2.05) is 0 Å². The lowest BCUT2D eigenvalue weighted by Gasteiger charge is -2.03. The molecular weight excluding hydrogens is 384 g/mol. The van der Waals surface area contributed by atoms with Crippen molar-refractivity contribution in [1.82, 2.24) is 0 Å². The Morgan fingerprint density at radius 1 is 0.821 bits per heavy atom. The molecule has 0 radical (unpaired) electrons. The Labute approximate surface area is 169 Å². The van der Waals surface area contributed by atoms with Crippen LogP contribution >= 0.6 is 0 Å². The first kappa shape index (κ1) is 28.8. The smallest absolute Gasteiger partial charge is 0.327 e. The van der Waals surface area contributed by atoms with Gasteiger partial charge in [0.05, 0.1) is 17.9 Å². The number of carboxylic acids is 2. The van der Waals surface area contributed by atoms with E-state index >= 15 is 0 Å². The van der Waals surface area contributed by atoms with E-state index in [9.17, 15) is 18.0 Å². The summed E-state index contributed by atoms with van der Waals surface area (Å²) in [6.45, 7) is 2.22. The van der Waals surface area contributed by atoms with Crippen molar-refractivity contribution in [2.24, 2.45) is 0 Å². The number of rotatable bonds is 17. The Hall–Kier alpha value is -1.41. The maximum Gasteiger partial charge on any atom is 0.327 e. The van der Waals surface area contributed by atoms with E-state index in [0.717, 1.165) is 18.9 Å². The van der Waals surface area contributed by atoms with Gasteiger partial charge < -0.3 is 15.3 Å². The molecule has 0 aromatic rings. The van der Waals surface area contributed by atoms with Crippen molar-refractivity contribution in [3.05, 3.63) is 12.2 Å². The van der Waals surface area contributed by atoms with Crippen LogP contribution in [0.3, 0.4) is 0 Å².